The standard InChI is InChI=1S/C36H43N3O7/c1-21(2)33(36(42)39-16-17-46-31(20-39)23-10-8-7-9-11-23)38-28-15-13-25-26(19-29(28)41)27(37-22(3)40)14-12-24-18-30(43-4)34(44-5)35(45-6)32(24)25/h7-11,13,15,18-19,21,27,31,33H,12,14,16-17,20H2,1-6H3,(H,37,40)(H,38,41). The van der Waals surface area contributed by atoms with E-state index < -0.39 is 12.1 Å². The van der Waals surface area contributed by atoms with Gasteiger partial charge in [0.1, 0.15) is 12.1 Å². The van der Waals surface area contributed by atoms with Gasteiger partial charge >= 0.3 is 0 Å². The molecule has 1 aliphatic heterocycles. The van der Waals surface area contributed by atoms with Crippen LogP contribution in [-0.4, -0.2) is 63.8 Å². The minimum absolute atomic E-state index is 0.0910. The first-order valence-electron chi connectivity index (χ1n) is 15.7. The highest BCUT2D eigenvalue weighted by atomic mass is 16.5. The molecule has 244 valence electrons. The van der Waals surface area contributed by atoms with Gasteiger partial charge in [0.15, 0.2) is 11.5 Å². The molecule has 3 aromatic rings. The van der Waals surface area contributed by atoms with Crippen molar-refractivity contribution in [3.05, 3.63) is 81.5 Å². The zero-order valence-corrected chi connectivity index (χ0v) is 27.3. The maximum atomic E-state index is 14.0. The number of carbonyl (C=O) groups is 2. The largest absolute Gasteiger partial charge is 0.493 e. The Balaban J connectivity index is 1.55. The molecule has 0 bridgehead atoms. The van der Waals surface area contributed by atoms with Crippen LogP contribution in [0.25, 0.3) is 11.1 Å². The lowest BCUT2D eigenvalue weighted by molar-refractivity contribution is -0.140. The van der Waals surface area contributed by atoms with Crippen molar-refractivity contribution in [1.82, 2.24) is 10.2 Å². The maximum absolute atomic E-state index is 14.0. The molecule has 2 amide bonds. The van der Waals surface area contributed by atoms with E-state index in [1.54, 1.807) is 33.5 Å². The lowest BCUT2D eigenvalue weighted by Gasteiger charge is -2.36. The van der Waals surface area contributed by atoms with Crippen LogP contribution in [0.3, 0.4) is 0 Å². The van der Waals surface area contributed by atoms with Gasteiger partial charge in [-0.25, -0.2) is 0 Å². The van der Waals surface area contributed by atoms with Crippen molar-refractivity contribution >= 4 is 17.5 Å². The summed E-state index contributed by atoms with van der Waals surface area (Å²) in [7, 11) is 4.68. The van der Waals surface area contributed by atoms with Gasteiger partial charge in [0.05, 0.1) is 46.2 Å². The van der Waals surface area contributed by atoms with Crippen LogP contribution >= 0.6 is 0 Å². The summed E-state index contributed by atoms with van der Waals surface area (Å²) in [5.41, 5.74) is 4.10. The number of ether oxygens (including phenoxy) is 4. The summed E-state index contributed by atoms with van der Waals surface area (Å²) in [4.78, 5) is 42.0. The number of amides is 2. The number of carbonyl (C=O) groups excluding carboxylic acids is 2. The van der Waals surface area contributed by atoms with Crippen LogP contribution in [0.2, 0.25) is 0 Å². The number of fused-ring (bicyclic) bond motifs is 3. The fourth-order valence-electron chi connectivity index (χ4n) is 6.42. The van der Waals surface area contributed by atoms with Crippen LogP contribution < -0.4 is 30.3 Å². The summed E-state index contributed by atoms with van der Waals surface area (Å²) in [5, 5.41) is 6.33. The van der Waals surface area contributed by atoms with Crippen LogP contribution in [0.1, 0.15) is 56.0 Å². The van der Waals surface area contributed by atoms with Crippen molar-refractivity contribution in [3.8, 4) is 28.4 Å². The first kappa shape index (κ1) is 32.8. The summed E-state index contributed by atoms with van der Waals surface area (Å²) in [6, 6.07) is 15.8. The molecular formula is C36H43N3O7. The van der Waals surface area contributed by atoms with Gasteiger partial charge < -0.3 is 34.5 Å². The summed E-state index contributed by atoms with van der Waals surface area (Å²) in [6.07, 6.45) is 0.933. The molecule has 3 aromatic carbocycles. The lowest BCUT2D eigenvalue weighted by Crippen LogP contribution is -2.50. The Kier molecular flexibility index (Phi) is 10.2. The highest BCUT2D eigenvalue weighted by molar-refractivity contribution is 5.86. The van der Waals surface area contributed by atoms with Crippen LogP contribution in [0.5, 0.6) is 17.2 Å². The molecule has 10 heteroatoms. The van der Waals surface area contributed by atoms with Gasteiger partial charge in [0, 0.05) is 19.0 Å². The maximum Gasteiger partial charge on any atom is 0.245 e. The summed E-state index contributed by atoms with van der Waals surface area (Å²) in [5.74, 6) is 1.03. The second-order valence-corrected chi connectivity index (χ2v) is 12.0. The van der Waals surface area contributed by atoms with Crippen molar-refractivity contribution in [2.75, 3.05) is 46.3 Å². The van der Waals surface area contributed by atoms with Crippen LogP contribution in [0, 0.1) is 5.92 Å². The number of methoxy groups -OCH3 is 3. The molecule has 0 saturated carbocycles. The molecule has 3 unspecified atom stereocenters. The third-order valence-electron chi connectivity index (χ3n) is 8.71. The highest BCUT2D eigenvalue weighted by Crippen LogP contribution is 2.50. The number of benzene rings is 2. The van der Waals surface area contributed by atoms with E-state index >= 15 is 0 Å². The molecule has 1 fully saturated rings. The SMILES string of the molecule is COc1cc2c(c(OC)c1OC)-c1ccc(NC(C(=O)N3CCOC(c4ccccc4)C3)C(C)C)c(=O)cc1C(NC(C)=O)CC2. The molecule has 0 radical (unpaired) electrons. The average Bonchev–Trinajstić information content (AvgIpc) is 3.30. The van der Waals surface area contributed by atoms with Gasteiger partial charge in [0.25, 0.3) is 0 Å². The first-order chi connectivity index (χ1) is 22.2. The molecule has 1 saturated heterocycles. The van der Waals surface area contributed by atoms with E-state index in [1.807, 2.05) is 61.2 Å². The Bertz CT molecular complexity index is 1640. The first-order valence-corrected chi connectivity index (χ1v) is 15.7. The van der Waals surface area contributed by atoms with Gasteiger partial charge in [-0.05, 0) is 59.2 Å². The van der Waals surface area contributed by atoms with E-state index in [1.165, 1.54) is 6.92 Å². The van der Waals surface area contributed by atoms with Gasteiger partial charge in [0.2, 0.25) is 23.0 Å². The van der Waals surface area contributed by atoms with Crippen LogP contribution in [-0.2, 0) is 20.7 Å². The molecule has 1 aliphatic carbocycles. The number of hydrogen-bond acceptors (Lipinski definition) is 8. The number of nitrogens with zero attached hydrogens (tertiary/aromatic N) is 1. The van der Waals surface area contributed by atoms with Gasteiger partial charge in [-0.1, -0.05) is 50.2 Å². The molecule has 1 heterocycles. The third kappa shape index (κ3) is 6.67. The molecule has 46 heavy (non-hydrogen) atoms. The van der Waals surface area contributed by atoms with Crippen molar-refractivity contribution in [1.29, 1.82) is 0 Å². The Morgan fingerprint density at radius 2 is 1.72 bits per heavy atom. The van der Waals surface area contributed by atoms with Crippen molar-refractivity contribution in [2.45, 2.75) is 51.8 Å². The second kappa shape index (κ2) is 14.2. The third-order valence-corrected chi connectivity index (χ3v) is 8.71. The van der Waals surface area contributed by atoms with E-state index in [2.05, 4.69) is 10.6 Å². The number of aryl methyl sites for hydroxylation is 1. The minimum Gasteiger partial charge on any atom is -0.493 e. The topological polar surface area (TPSA) is 115 Å². The Morgan fingerprint density at radius 3 is 2.37 bits per heavy atom. The van der Waals surface area contributed by atoms with E-state index in [-0.39, 0.29) is 35.0 Å². The molecule has 0 spiro atoms. The highest BCUT2D eigenvalue weighted by Gasteiger charge is 2.33. The average molecular weight is 630 g/mol. The van der Waals surface area contributed by atoms with Gasteiger partial charge in [-0.3, -0.25) is 14.4 Å². The second-order valence-electron chi connectivity index (χ2n) is 12.0. The number of morpholine rings is 1. The smallest absolute Gasteiger partial charge is 0.245 e. The fourth-order valence-corrected chi connectivity index (χ4v) is 6.42. The van der Waals surface area contributed by atoms with E-state index in [4.69, 9.17) is 18.9 Å². The van der Waals surface area contributed by atoms with Crippen molar-refractivity contribution in [3.63, 3.8) is 0 Å². The van der Waals surface area contributed by atoms with Crippen LogP contribution in [0.15, 0.2) is 59.4 Å². The predicted octanol–water partition coefficient (Wildman–Crippen LogP) is 4.90. The number of nitrogens with one attached hydrogen (secondary N) is 2. The molecule has 0 aromatic heterocycles. The molecule has 5 rings (SSSR count). The van der Waals surface area contributed by atoms with Gasteiger partial charge in [-0.2, -0.15) is 0 Å². The summed E-state index contributed by atoms with van der Waals surface area (Å²) in [6.45, 7) is 6.70. The Morgan fingerprint density at radius 1 is 0.978 bits per heavy atom. The lowest BCUT2D eigenvalue weighted by atomic mass is 9.95. The monoisotopic (exact) mass is 629 g/mol. The normalized spacial score (nSPS) is 18.0. The zero-order valence-electron chi connectivity index (χ0n) is 27.3. The quantitative estimate of drug-likeness (QED) is 0.344. The van der Waals surface area contributed by atoms with Gasteiger partial charge in [-0.15, -0.1) is 0 Å². The van der Waals surface area contributed by atoms with Crippen molar-refractivity contribution in [2.24, 2.45) is 5.92 Å². The number of hydrogen-bond donors (Lipinski definition) is 2. The molecule has 2 aliphatic rings. The van der Waals surface area contributed by atoms with Crippen molar-refractivity contribution < 1.29 is 28.5 Å². The Hall–Kier alpha value is -4.57. The summed E-state index contributed by atoms with van der Waals surface area (Å²) < 4.78 is 23.2. The number of rotatable bonds is 9. The van der Waals surface area contributed by atoms with E-state index in [0.29, 0.717) is 55.4 Å². The van der Waals surface area contributed by atoms with Crippen LogP contribution in [0.4, 0.5) is 5.69 Å². The Labute approximate surface area is 270 Å². The molecule has 10 nitrogen and oxygen atoms in total. The molecular weight excluding hydrogens is 586 g/mol. The van der Waals surface area contributed by atoms with E-state index in [9.17, 15) is 14.4 Å². The number of anilines is 1. The predicted molar refractivity (Wildman–Crippen MR) is 177 cm³/mol. The zero-order chi connectivity index (χ0) is 33.0. The van der Waals surface area contributed by atoms with E-state index in [0.717, 1.165) is 22.3 Å². The fraction of sp³-hybridized carbons (Fsp3) is 0.417. The summed E-state index contributed by atoms with van der Waals surface area (Å²) >= 11 is 0. The molecule has 3 atom stereocenters. The minimum atomic E-state index is -0.651. The molecule has 2 N–H and O–H groups in total.